The molecule has 4 rings (SSSR count). The van der Waals surface area contributed by atoms with Crippen molar-refractivity contribution in [2.45, 2.75) is 10.8 Å². The molecule has 0 radical (unpaired) electrons. The van der Waals surface area contributed by atoms with E-state index in [1.807, 2.05) is 12.1 Å². The van der Waals surface area contributed by atoms with Crippen LogP contribution in [-0.4, -0.2) is 17.1 Å². The molecule has 168 valence electrons. The van der Waals surface area contributed by atoms with Gasteiger partial charge in [-0.05, 0) is 29.8 Å². The lowest BCUT2D eigenvalue weighted by atomic mass is 9.97. The molecule has 4 aromatic rings. The predicted octanol–water partition coefficient (Wildman–Crippen LogP) is 6.81. The van der Waals surface area contributed by atoms with Crippen LogP contribution >= 0.6 is 46.3 Å². The van der Waals surface area contributed by atoms with E-state index in [0.29, 0.717) is 42.7 Å². The summed E-state index contributed by atoms with van der Waals surface area (Å²) in [7, 11) is 1.57. The fourth-order valence-electron chi connectivity index (χ4n) is 3.22. The Labute approximate surface area is 214 Å². The second-order valence-electron chi connectivity index (χ2n) is 6.91. The molecule has 0 saturated carbocycles. The van der Waals surface area contributed by atoms with E-state index in [4.69, 9.17) is 33.7 Å². The molecule has 34 heavy (non-hydrogen) atoms. The quantitative estimate of drug-likeness (QED) is 0.276. The lowest BCUT2D eigenvalue weighted by Crippen LogP contribution is -2.03. The first-order valence-electron chi connectivity index (χ1n) is 9.77. The predicted molar refractivity (Wildman–Crippen MR) is 137 cm³/mol. The van der Waals surface area contributed by atoms with E-state index in [0.717, 1.165) is 10.6 Å². The standard InChI is InChI=1S/C24H15Cl2N5OS2/c1-32-16-8-4-13(5-9-16)20-17(10-27)22(29)31-24(18(20)11-28)33-12-19-21(26)34-23(30-19)14-2-6-15(25)7-3-14/h2-9H,12H2,1H3,(H2,29,31). The second kappa shape index (κ2) is 10.3. The number of halogens is 2. The number of nitrogens with zero attached hydrogens (tertiary/aromatic N) is 4. The van der Waals surface area contributed by atoms with Gasteiger partial charge in [0.25, 0.3) is 0 Å². The van der Waals surface area contributed by atoms with Gasteiger partial charge in [-0.2, -0.15) is 10.5 Å². The average Bonchev–Trinajstić information content (AvgIpc) is 3.23. The summed E-state index contributed by atoms with van der Waals surface area (Å²) < 4.78 is 5.76. The number of nitrogen functional groups attached to an aromatic ring is 1. The Balaban J connectivity index is 1.69. The van der Waals surface area contributed by atoms with Crippen molar-refractivity contribution in [3.8, 4) is 39.6 Å². The van der Waals surface area contributed by atoms with Gasteiger partial charge in [-0.3, -0.25) is 0 Å². The maximum absolute atomic E-state index is 9.97. The van der Waals surface area contributed by atoms with Crippen LogP contribution in [0.5, 0.6) is 5.75 Å². The normalized spacial score (nSPS) is 10.5. The topological polar surface area (TPSA) is 109 Å². The second-order valence-corrected chi connectivity index (χ2v) is 9.92. The number of ether oxygens (including phenoxy) is 1. The van der Waals surface area contributed by atoms with Gasteiger partial charge in [0, 0.05) is 21.9 Å². The third-order valence-electron chi connectivity index (χ3n) is 4.88. The van der Waals surface area contributed by atoms with Crippen molar-refractivity contribution in [2.24, 2.45) is 0 Å². The van der Waals surface area contributed by atoms with Crippen LogP contribution < -0.4 is 10.5 Å². The Morgan fingerprint density at radius 2 is 1.62 bits per heavy atom. The fraction of sp³-hybridized carbons (Fsp3) is 0.0833. The number of nitriles is 2. The van der Waals surface area contributed by atoms with Gasteiger partial charge in [-0.1, -0.05) is 59.2 Å². The number of benzene rings is 2. The van der Waals surface area contributed by atoms with Crippen LogP contribution in [-0.2, 0) is 5.75 Å². The molecule has 6 nitrogen and oxygen atoms in total. The van der Waals surface area contributed by atoms with Gasteiger partial charge in [0.2, 0.25) is 0 Å². The molecule has 0 bridgehead atoms. The van der Waals surface area contributed by atoms with Crippen molar-refractivity contribution in [2.75, 3.05) is 12.8 Å². The van der Waals surface area contributed by atoms with E-state index in [1.165, 1.54) is 23.1 Å². The molecule has 0 aliphatic carbocycles. The molecule has 0 aliphatic rings. The van der Waals surface area contributed by atoms with Gasteiger partial charge >= 0.3 is 0 Å². The minimum Gasteiger partial charge on any atom is -0.497 e. The highest BCUT2D eigenvalue weighted by atomic mass is 35.5. The molecule has 2 aromatic carbocycles. The molecule has 0 amide bonds. The van der Waals surface area contributed by atoms with E-state index in [1.54, 1.807) is 43.5 Å². The zero-order chi connectivity index (χ0) is 24.2. The van der Waals surface area contributed by atoms with Gasteiger partial charge in [-0.15, -0.1) is 11.3 Å². The molecule has 0 unspecified atom stereocenters. The number of hydrogen-bond acceptors (Lipinski definition) is 8. The summed E-state index contributed by atoms with van der Waals surface area (Å²) in [6, 6.07) is 18.7. The number of pyridine rings is 1. The van der Waals surface area contributed by atoms with E-state index in [-0.39, 0.29) is 16.9 Å². The molecule has 0 aliphatic heterocycles. The molecule has 2 N–H and O–H groups in total. The Bertz CT molecular complexity index is 1440. The summed E-state index contributed by atoms with van der Waals surface area (Å²) in [6.45, 7) is 0. The number of anilines is 1. The first-order valence-corrected chi connectivity index (χ1v) is 12.3. The Hall–Kier alpha value is -3.27. The third kappa shape index (κ3) is 4.82. The summed E-state index contributed by atoms with van der Waals surface area (Å²) in [6.07, 6.45) is 0. The molecule has 0 fully saturated rings. The molecular weight excluding hydrogens is 509 g/mol. The van der Waals surface area contributed by atoms with Crippen molar-refractivity contribution in [3.63, 3.8) is 0 Å². The first kappa shape index (κ1) is 23.9. The maximum atomic E-state index is 9.97. The van der Waals surface area contributed by atoms with Crippen LogP contribution in [0.25, 0.3) is 21.7 Å². The first-order chi connectivity index (χ1) is 16.4. The van der Waals surface area contributed by atoms with Crippen LogP contribution in [0.1, 0.15) is 16.8 Å². The van der Waals surface area contributed by atoms with Crippen molar-refractivity contribution < 1.29 is 4.74 Å². The fourth-order valence-corrected chi connectivity index (χ4v) is 5.60. The zero-order valence-electron chi connectivity index (χ0n) is 17.7. The molecular formula is C24H15Cl2N5OS2. The molecule has 2 aromatic heterocycles. The smallest absolute Gasteiger partial charge is 0.143 e. The zero-order valence-corrected chi connectivity index (χ0v) is 20.8. The summed E-state index contributed by atoms with van der Waals surface area (Å²) in [5, 5.41) is 21.5. The van der Waals surface area contributed by atoms with Crippen LogP contribution in [0.4, 0.5) is 5.82 Å². The number of aromatic nitrogens is 2. The summed E-state index contributed by atoms with van der Waals surface area (Å²) in [4.78, 5) is 8.99. The van der Waals surface area contributed by atoms with Crippen molar-refractivity contribution >= 4 is 52.1 Å². The van der Waals surface area contributed by atoms with Gasteiger partial charge in [0.05, 0.1) is 18.4 Å². The van der Waals surface area contributed by atoms with Crippen LogP contribution in [0, 0.1) is 22.7 Å². The molecule has 0 saturated heterocycles. The van der Waals surface area contributed by atoms with Gasteiger partial charge in [0.15, 0.2) is 0 Å². The number of rotatable bonds is 6. The van der Waals surface area contributed by atoms with Crippen LogP contribution in [0.3, 0.4) is 0 Å². The highest BCUT2D eigenvalue weighted by Gasteiger charge is 2.21. The lowest BCUT2D eigenvalue weighted by Gasteiger charge is -2.13. The van der Waals surface area contributed by atoms with Gasteiger partial charge < -0.3 is 10.5 Å². The number of methoxy groups -OCH3 is 1. The number of nitrogens with two attached hydrogens (primary N) is 1. The van der Waals surface area contributed by atoms with E-state index in [2.05, 4.69) is 22.1 Å². The highest BCUT2D eigenvalue weighted by molar-refractivity contribution is 7.98. The molecule has 0 spiro atoms. The summed E-state index contributed by atoms with van der Waals surface area (Å²) in [5.41, 5.74) is 9.22. The largest absolute Gasteiger partial charge is 0.497 e. The van der Waals surface area contributed by atoms with E-state index in [9.17, 15) is 10.5 Å². The monoisotopic (exact) mass is 523 g/mol. The van der Waals surface area contributed by atoms with Crippen molar-refractivity contribution in [3.05, 3.63) is 74.7 Å². The molecule has 10 heteroatoms. The van der Waals surface area contributed by atoms with Gasteiger partial charge in [-0.25, -0.2) is 9.97 Å². The highest BCUT2D eigenvalue weighted by Crippen LogP contribution is 2.39. The minimum absolute atomic E-state index is 0.0565. The third-order valence-corrected chi connectivity index (χ3v) is 7.50. The number of hydrogen-bond donors (Lipinski definition) is 1. The number of thiazole rings is 1. The summed E-state index contributed by atoms with van der Waals surface area (Å²) in [5.74, 6) is 1.09. The van der Waals surface area contributed by atoms with E-state index >= 15 is 0 Å². The lowest BCUT2D eigenvalue weighted by molar-refractivity contribution is 0.415. The Morgan fingerprint density at radius 1 is 0.971 bits per heavy atom. The van der Waals surface area contributed by atoms with Crippen molar-refractivity contribution in [1.29, 1.82) is 10.5 Å². The van der Waals surface area contributed by atoms with Crippen LogP contribution in [0.2, 0.25) is 9.36 Å². The van der Waals surface area contributed by atoms with Crippen molar-refractivity contribution in [1.82, 2.24) is 9.97 Å². The Morgan fingerprint density at radius 3 is 2.24 bits per heavy atom. The minimum atomic E-state index is 0.0565. The Kier molecular flexibility index (Phi) is 7.26. The van der Waals surface area contributed by atoms with E-state index < -0.39 is 0 Å². The maximum Gasteiger partial charge on any atom is 0.143 e. The summed E-state index contributed by atoms with van der Waals surface area (Å²) >= 11 is 15.1. The SMILES string of the molecule is COc1ccc(-c2c(C#N)c(N)nc(SCc3nc(-c4ccc(Cl)cc4)sc3Cl)c2C#N)cc1. The molecule has 2 heterocycles. The average molecular weight is 524 g/mol. The van der Waals surface area contributed by atoms with Crippen LogP contribution in [0.15, 0.2) is 53.6 Å². The molecule has 0 atom stereocenters. The number of thioether (sulfide) groups is 1. The van der Waals surface area contributed by atoms with Gasteiger partial charge in [0.1, 0.15) is 43.6 Å².